The second kappa shape index (κ2) is 14.7. The Labute approximate surface area is 298 Å². The summed E-state index contributed by atoms with van der Waals surface area (Å²) >= 11 is 0. The van der Waals surface area contributed by atoms with Crippen molar-refractivity contribution in [1.29, 1.82) is 0 Å². The summed E-state index contributed by atoms with van der Waals surface area (Å²) in [5, 5.41) is 14.9. The third-order valence-corrected chi connectivity index (χ3v) is 12.5. The van der Waals surface area contributed by atoms with Gasteiger partial charge in [0.1, 0.15) is 19.0 Å². The molecule has 0 saturated heterocycles. The van der Waals surface area contributed by atoms with Crippen molar-refractivity contribution >= 4 is 44.6 Å². The summed E-state index contributed by atoms with van der Waals surface area (Å²) in [5.74, 6) is -0.0659. The number of pyridine rings is 2. The Bertz CT molecular complexity index is 2000. The van der Waals surface area contributed by atoms with Gasteiger partial charge in [0.05, 0.1) is 35.6 Å². The Morgan fingerprint density at radius 1 is 1.14 bits per heavy atom. The SMILES string of the molecule is CCc1c2c(nc3ccc(OCCCNC(=O)OCc4ccc(SSC(C)(C)CN)cc4)cc13)-c1cc3c(c(=O)n1C2)COC(=O)[C@]3(O)CC. The van der Waals surface area contributed by atoms with Crippen LogP contribution in [0, 0.1) is 0 Å². The molecular weight excluding hydrogens is 677 g/mol. The van der Waals surface area contributed by atoms with E-state index in [1.165, 1.54) is 0 Å². The molecule has 2 aliphatic heterocycles. The monoisotopic (exact) mass is 718 g/mol. The molecule has 13 heteroatoms. The topological polar surface area (TPSA) is 155 Å². The molecule has 2 aromatic carbocycles. The molecule has 11 nitrogen and oxygen atoms in total. The maximum absolute atomic E-state index is 13.6. The first-order chi connectivity index (χ1) is 24.0. The smallest absolute Gasteiger partial charge is 0.407 e. The Morgan fingerprint density at radius 3 is 2.64 bits per heavy atom. The Kier molecular flexibility index (Phi) is 10.5. The van der Waals surface area contributed by atoms with Gasteiger partial charge >= 0.3 is 12.1 Å². The third kappa shape index (κ3) is 7.09. The van der Waals surface area contributed by atoms with E-state index in [1.54, 1.807) is 39.1 Å². The first-order valence-electron chi connectivity index (χ1n) is 16.8. The van der Waals surface area contributed by atoms with Gasteiger partial charge in [0.2, 0.25) is 0 Å². The minimum absolute atomic E-state index is 0.00679. The summed E-state index contributed by atoms with van der Waals surface area (Å²) in [6.07, 6.45) is 0.890. The maximum atomic E-state index is 13.6. The van der Waals surface area contributed by atoms with Crippen LogP contribution in [-0.2, 0) is 46.0 Å². The van der Waals surface area contributed by atoms with Crippen LogP contribution in [-0.4, -0.2) is 51.2 Å². The van der Waals surface area contributed by atoms with Crippen LogP contribution < -0.4 is 21.3 Å². The molecule has 2 aromatic heterocycles. The highest BCUT2D eigenvalue weighted by Crippen LogP contribution is 2.41. The molecule has 0 unspecified atom stereocenters. The number of esters is 1. The quantitative estimate of drug-likeness (QED) is 0.0767. The minimum Gasteiger partial charge on any atom is -0.494 e. The number of cyclic esters (lactones) is 1. The molecule has 0 radical (unpaired) electrons. The van der Waals surface area contributed by atoms with E-state index in [2.05, 4.69) is 26.1 Å². The molecule has 4 N–H and O–H groups in total. The lowest BCUT2D eigenvalue weighted by molar-refractivity contribution is -0.172. The number of nitrogens with one attached hydrogen (secondary N) is 1. The number of carbonyl (C=O) groups excluding carboxylic acids is 2. The molecule has 4 heterocycles. The Hall–Kier alpha value is -4.04. The average molecular weight is 719 g/mol. The van der Waals surface area contributed by atoms with E-state index < -0.39 is 17.7 Å². The molecule has 264 valence electrons. The number of hydrogen-bond donors (Lipinski definition) is 3. The number of alkyl carbamates (subject to hydrolysis) is 1. The molecule has 0 aliphatic carbocycles. The lowest BCUT2D eigenvalue weighted by Crippen LogP contribution is -2.44. The maximum Gasteiger partial charge on any atom is 0.407 e. The summed E-state index contributed by atoms with van der Waals surface area (Å²) < 4.78 is 18.3. The zero-order valence-corrected chi connectivity index (χ0v) is 30.3. The van der Waals surface area contributed by atoms with Gasteiger partial charge in [-0.2, -0.15) is 0 Å². The second-order valence-electron chi connectivity index (χ2n) is 13.0. The number of carbonyl (C=O) groups is 2. The van der Waals surface area contributed by atoms with Gasteiger partial charge in [-0.1, -0.05) is 47.6 Å². The predicted molar refractivity (Wildman–Crippen MR) is 195 cm³/mol. The van der Waals surface area contributed by atoms with Crippen LogP contribution in [0.3, 0.4) is 0 Å². The van der Waals surface area contributed by atoms with Crippen LogP contribution >= 0.6 is 21.6 Å². The number of nitrogens with two attached hydrogens (primary N) is 1. The minimum atomic E-state index is -1.87. The zero-order valence-electron chi connectivity index (χ0n) is 28.7. The fourth-order valence-corrected chi connectivity index (χ4v) is 8.26. The van der Waals surface area contributed by atoms with E-state index in [1.807, 2.05) is 42.5 Å². The van der Waals surface area contributed by atoms with Crippen molar-refractivity contribution in [2.45, 2.75) is 82.0 Å². The number of nitrogens with zero attached hydrogens (tertiary/aromatic N) is 2. The van der Waals surface area contributed by atoms with E-state index in [0.29, 0.717) is 67.3 Å². The number of rotatable bonds is 13. The van der Waals surface area contributed by atoms with Gasteiger partial charge in [0.25, 0.3) is 5.56 Å². The standard InChI is InChI=1S/C37H42N4O7S2/c1-5-25-26-16-23(46-15-7-14-39-35(44)48-19-22-8-11-24(12-9-22)49-50-36(3,4)21-38)10-13-30(26)40-32-27(25)18-41-31(32)17-29-28(33(41)42)20-47-34(43)37(29,45)6-2/h8-13,16-17,45H,5-7,14-15,18-21,38H2,1-4H3,(H,39,44)/t37-/m0/s1. The fraction of sp³-hybridized carbons (Fsp3) is 0.405. The molecule has 50 heavy (non-hydrogen) atoms. The van der Waals surface area contributed by atoms with Gasteiger partial charge in [-0.05, 0) is 80.6 Å². The van der Waals surface area contributed by atoms with Crippen LogP contribution in [0.5, 0.6) is 5.75 Å². The highest BCUT2D eigenvalue weighted by atomic mass is 33.1. The molecule has 0 fully saturated rings. The van der Waals surface area contributed by atoms with Gasteiger partial charge in [-0.3, -0.25) is 4.79 Å². The predicted octanol–water partition coefficient (Wildman–Crippen LogP) is 5.81. The molecule has 0 spiro atoms. The van der Waals surface area contributed by atoms with Crippen molar-refractivity contribution in [3.05, 3.63) is 86.7 Å². The number of aromatic nitrogens is 2. The summed E-state index contributed by atoms with van der Waals surface area (Å²) in [6, 6.07) is 15.4. The third-order valence-electron chi connectivity index (χ3n) is 9.14. The van der Waals surface area contributed by atoms with E-state index in [9.17, 15) is 19.5 Å². The molecule has 4 aromatic rings. The van der Waals surface area contributed by atoms with Crippen molar-refractivity contribution < 1.29 is 28.9 Å². The Morgan fingerprint density at radius 2 is 1.92 bits per heavy atom. The van der Waals surface area contributed by atoms with Crippen LogP contribution in [0.25, 0.3) is 22.3 Å². The van der Waals surface area contributed by atoms with Crippen molar-refractivity contribution in [2.24, 2.45) is 5.73 Å². The highest BCUT2D eigenvalue weighted by Gasteiger charge is 2.45. The van der Waals surface area contributed by atoms with Crippen molar-refractivity contribution in [1.82, 2.24) is 14.9 Å². The Balaban J connectivity index is 1.05. The molecule has 0 saturated carbocycles. The van der Waals surface area contributed by atoms with Gasteiger partial charge in [0.15, 0.2) is 5.60 Å². The van der Waals surface area contributed by atoms with Crippen LogP contribution in [0.15, 0.2) is 58.2 Å². The molecule has 1 atom stereocenters. The number of benzene rings is 2. The zero-order chi connectivity index (χ0) is 35.6. The lowest BCUT2D eigenvalue weighted by atomic mass is 9.86. The second-order valence-corrected chi connectivity index (χ2v) is 15.9. The molecule has 1 amide bonds. The summed E-state index contributed by atoms with van der Waals surface area (Å²) in [6.45, 7) is 9.71. The van der Waals surface area contributed by atoms with E-state index >= 15 is 0 Å². The van der Waals surface area contributed by atoms with E-state index in [4.69, 9.17) is 24.9 Å². The van der Waals surface area contributed by atoms with Gasteiger partial charge in [-0.25, -0.2) is 14.6 Å². The van der Waals surface area contributed by atoms with E-state index in [-0.39, 0.29) is 29.9 Å². The lowest BCUT2D eigenvalue weighted by Gasteiger charge is -2.31. The molecule has 6 rings (SSSR count). The van der Waals surface area contributed by atoms with E-state index in [0.717, 1.165) is 32.5 Å². The van der Waals surface area contributed by atoms with Crippen molar-refractivity contribution in [3.8, 4) is 17.1 Å². The number of aryl methyl sites for hydroxylation is 1. The van der Waals surface area contributed by atoms with Gasteiger partial charge in [-0.15, -0.1) is 0 Å². The average Bonchev–Trinajstić information content (AvgIpc) is 3.49. The highest BCUT2D eigenvalue weighted by molar-refractivity contribution is 8.77. The number of aliphatic hydroxyl groups is 1. The summed E-state index contributed by atoms with van der Waals surface area (Å²) in [7, 11) is 3.41. The largest absolute Gasteiger partial charge is 0.494 e. The van der Waals surface area contributed by atoms with Crippen LogP contribution in [0.2, 0.25) is 0 Å². The van der Waals surface area contributed by atoms with Crippen molar-refractivity contribution in [2.75, 3.05) is 19.7 Å². The first kappa shape index (κ1) is 35.8. The van der Waals surface area contributed by atoms with Crippen molar-refractivity contribution in [3.63, 3.8) is 0 Å². The summed E-state index contributed by atoms with van der Waals surface area (Å²) in [4.78, 5) is 44.4. The number of ether oxygens (including phenoxy) is 3. The summed E-state index contributed by atoms with van der Waals surface area (Å²) in [5.41, 5.74) is 9.17. The van der Waals surface area contributed by atoms with Crippen LogP contribution in [0.4, 0.5) is 4.79 Å². The van der Waals surface area contributed by atoms with Gasteiger partial charge < -0.3 is 34.9 Å². The number of hydrogen-bond acceptors (Lipinski definition) is 11. The number of amides is 1. The van der Waals surface area contributed by atoms with Gasteiger partial charge in [0, 0.05) is 39.2 Å². The molecule has 2 aliphatic rings. The molecule has 0 bridgehead atoms. The van der Waals surface area contributed by atoms with Crippen LogP contribution in [0.1, 0.15) is 68.4 Å². The number of fused-ring (bicyclic) bond motifs is 5. The fourth-order valence-electron chi connectivity index (χ4n) is 6.12. The molecular formula is C37H42N4O7S2. The first-order valence-corrected chi connectivity index (χ1v) is 18.9. The normalized spacial score (nSPS) is 16.4.